The van der Waals surface area contributed by atoms with Crippen molar-refractivity contribution in [2.45, 2.75) is 0 Å². The van der Waals surface area contributed by atoms with E-state index < -0.39 is 34.0 Å². The summed E-state index contributed by atoms with van der Waals surface area (Å²) in [5, 5.41) is 18.5. The van der Waals surface area contributed by atoms with Crippen LogP contribution in [0.3, 0.4) is 0 Å². The Morgan fingerprint density at radius 2 is 2.29 bits per heavy atom. The Hall–Kier alpha value is -1.93. The van der Waals surface area contributed by atoms with Crippen molar-refractivity contribution in [3.63, 3.8) is 0 Å². The number of nitrogens with one attached hydrogen (secondary N) is 1. The van der Waals surface area contributed by atoms with Crippen LogP contribution in [0.5, 0.6) is 0 Å². The summed E-state index contributed by atoms with van der Waals surface area (Å²) in [4.78, 5) is 24.3. The Morgan fingerprint density at radius 3 is 2.82 bits per heavy atom. The molecule has 0 aromatic heterocycles. The third-order valence-corrected chi connectivity index (χ3v) is 1.90. The molecule has 0 aliphatic rings. The molecule has 1 aromatic rings. The minimum absolute atomic E-state index is 0.321. The normalized spacial score (nSPS) is 10.0. The number of nitrogens with zero attached hydrogens (tertiary/aromatic N) is 1. The molecule has 0 spiro atoms. The predicted octanol–water partition coefficient (Wildman–Crippen LogP) is 1.82. The molecule has 0 radical (unpaired) electrons. The summed E-state index contributed by atoms with van der Waals surface area (Å²) in [6, 6.07) is 1.53. The number of aliphatic carboxylic acids is 1. The van der Waals surface area contributed by atoms with Gasteiger partial charge in [0.25, 0.3) is 5.69 Å². The molecule has 0 heterocycles. The molecule has 0 unspecified atom stereocenters. The van der Waals surface area contributed by atoms with Crippen LogP contribution in [0.2, 0.25) is 5.02 Å². The number of nitro groups is 1. The molecular weight excluding hydrogens is 259 g/mol. The first-order chi connectivity index (χ1) is 7.91. The molecule has 9 heteroatoms. The number of hydrogen-bond donors (Lipinski definition) is 2. The van der Waals surface area contributed by atoms with Crippen LogP contribution in [-0.4, -0.2) is 22.6 Å². The topological polar surface area (TPSA) is 102 Å². The number of rotatable bonds is 5. The third kappa shape index (κ3) is 3.54. The number of carboxylic acids is 1. The van der Waals surface area contributed by atoms with E-state index in [2.05, 4.69) is 4.84 Å². The zero-order valence-electron chi connectivity index (χ0n) is 8.15. The second-order valence-corrected chi connectivity index (χ2v) is 3.23. The van der Waals surface area contributed by atoms with Crippen LogP contribution in [0.1, 0.15) is 0 Å². The fourth-order valence-corrected chi connectivity index (χ4v) is 1.10. The summed E-state index contributed by atoms with van der Waals surface area (Å²) in [6.45, 7) is -0.735. The molecule has 1 aromatic carbocycles. The molecule has 7 nitrogen and oxygen atoms in total. The second-order valence-electron chi connectivity index (χ2n) is 2.83. The van der Waals surface area contributed by atoms with E-state index >= 15 is 0 Å². The highest BCUT2D eigenvalue weighted by Gasteiger charge is 2.18. The number of hydrogen-bond acceptors (Lipinski definition) is 5. The smallest absolute Gasteiger partial charge is 0.332 e. The largest absolute Gasteiger partial charge is 0.479 e. The van der Waals surface area contributed by atoms with E-state index in [0.29, 0.717) is 0 Å². The number of anilines is 1. The van der Waals surface area contributed by atoms with E-state index in [0.717, 1.165) is 12.1 Å². The minimum Gasteiger partial charge on any atom is -0.479 e. The van der Waals surface area contributed by atoms with Gasteiger partial charge in [0.2, 0.25) is 0 Å². The van der Waals surface area contributed by atoms with Crippen molar-refractivity contribution in [3.8, 4) is 0 Å². The molecule has 1 rings (SSSR count). The quantitative estimate of drug-likeness (QED) is 0.621. The Balaban J connectivity index is 2.92. The Bertz CT molecular complexity index is 467. The third-order valence-electron chi connectivity index (χ3n) is 1.61. The van der Waals surface area contributed by atoms with E-state index in [1.54, 1.807) is 0 Å². The highest BCUT2D eigenvalue weighted by Crippen LogP contribution is 2.30. The summed E-state index contributed by atoms with van der Waals surface area (Å²) in [5.41, 5.74) is 1.13. The fourth-order valence-electron chi connectivity index (χ4n) is 0.945. The van der Waals surface area contributed by atoms with Crippen LogP contribution < -0.4 is 5.48 Å². The van der Waals surface area contributed by atoms with Gasteiger partial charge in [0.15, 0.2) is 6.61 Å². The van der Waals surface area contributed by atoms with Gasteiger partial charge in [-0.05, 0) is 0 Å². The lowest BCUT2D eigenvalue weighted by molar-refractivity contribution is -0.384. The summed E-state index contributed by atoms with van der Waals surface area (Å²) in [6.07, 6.45) is 0. The maximum Gasteiger partial charge on any atom is 0.332 e. The van der Waals surface area contributed by atoms with Crippen molar-refractivity contribution >= 4 is 28.9 Å². The summed E-state index contributed by atoms with van der Waals surface area (Å²) >= 11 is 5.37. The monoisotopic (exact) mass is 264 g/mol. The van der Waals surface area contributed by atoms with Gasteiger partial charge in [-0.2, -0.15) is 0 Å². The average molecular weight is 265 g/mol. The SMILES string of the molecule is O=C(O)CONc1cc(F)c(Cl)cc1[N+](=O)[O-]. The molecular formula is C8H6ClFN2O5. The Labute approximate surface area is 98.9 Å². The van der Waals surface area contributed by atoms with Crippen LogP contribution in [0, 0.1) is 15.9 Å². The van der Waals surface area contributed by atoms with Crippen LogP contribution in [0.25, 0.3) is 0 Å². The van der Waals surface area contributed by atoms with Crippen molar-refractivity contribution < 1.29 is 24.1 Å². The number of benzene rings is 1. The molecule has 2 N–H and O–H groups in total. The lowest BCUT2D eigenvalue weighted by Crippen LogP contribution is -2.12. The number of carbonyl (C=O) groups is 1. The first-order valence-corrected chi connectivity index (χ1v) is 4.52. The van der Waals surface area contributed by atoms with Gasteiger partial charge in [0.1, 0.15) is 11.5 Å². The Morgan fingerprint density at radius 1 is 1.65 bits per heavy atom. The van der Waals surface area contributed by atoms with Crippen LogP contribution in [-0.2, 0) is 9.63 Å². The van der Waals surface area contributed by atoms with E-state index in [-0.39, 0.29) is 5.69 Å². The van der Waals surface area contributed by atoms with Gasteiger partial charge < -0.3 is 5.11 Å². The standard InChI is InChI=1S/C8H6ClFN2O5/c9-4-1-7(12(15)16)6(2-5(4)10)11-17-3-8(13)14/h1-2,11H,3H2,(H,13,14). The van der Waals surface area contributed by atoms with Gasteiger partial charge in [0, 0.05) is 12.1 Å². The van der Waals surface area contributed by atoms with Crippen LogP contribution in [0.15, 0.2) is 12.1 Å². The van der Waals surface area contributed by atoms with Crippen molar-refractivity contribution in [3.05, 3.63) is 33.1 Å². The molecule has 0 bridgehead atoms. The van der Waals surface area contributed by atoms with E-state index in [1.807, 2.05) is 5.48 Å². The van der Waals surface area contributed by atoms with Crippen molar-refractivity contribution in [2.24, 2.45) is 0 Å². The highest BCUT2D eigenvalue weighted by atomic mass is 35.5. The van der Waals surface area contributed by atoms with Crippen molar-refractivity contribution in [1.29, 1.82) is 0 Å². The van der Waals surface area contributed by atoms with E-state index in [1.165, 1.54) is 0 Å². The van der Waals surface area contributed by atoms with E-state index in [9.17, 15) is 19.3 Å². The Kier molecular flexibility index (Phi) is 4.18. The number of halogens is 2. The molecule has 0 saturated carbocycles. The summed E-state index contributed by atoms with van der Waals surface area (Å²) in [5.74, 6) is -2.17. The average Bonchev–Trinajstić information content (AvgIpc) is 2.22. The highest BCUT2D eigenvalue weighted by molar-refractivity contribution is 6.31. The van der Waals surface area contributed by atoms with Gasteiger partial charge in [0.05, 0.1) is 9.95 Å². The first-order valence-electron chi connectivity index (χ1n) is 4.15. The predicted molar refractivity (Wildman–Crippen MR) is 55.3 cm³/mol. The lowest BCUT2D eigenvalue weighted by Gasteiger charge is -2.06. The summed E-state index contributed by atoms with van der Waals surface area (Å²) < 4.78 is 13.0. The molecule has 17 heavy (non-hydrogen) atoms. The molecule has 0 atom stereocenters. The molecule has 0 fully saturated rings. The molecule has 0 saturated heterocycles. The molecule has 0 amide bonds. The van der Waals surface area contributed by atoms with Crippen molar-refractivity contribution in [1.82, 2.24) is 0 Å². The number of nitro benzene ring substituents is 1. The van der Waals surface area contributed by atoms with Gasteiger partial charge in [-0.1, -0.05) is 11.6 Å². The van der Waals surface area contributed by atoms with Gasteiger partial charge in [-0.15, -0.1) is 0 Å². The summed E-state index contributed by atoms with van der Waals surface area (Å²) in [7, 11) is 0. The minimum atomic E-state index is -1.28. The van der Waals surface area contributed by atoms with Gasteiger partial charge in [-0.25, -0.2) is 9.18 Å². The maximum atomic E-state index is 13.0. The molecule has 0 aliphatic heterocycles. The lowest BCUT2D eigenvalue weighted by atomic mass is 10.2. The van der Waals surface area contributed by atoms with Crippen molar-refractivity contribution in [2.75, 3.05) is 12.1 Å². The maximum absolute atomic E-state index is 13.0. The van der Waals surface area contributed by atoms with Gasteiger partial charge in [-0.3, -0.25) is 20.4 Å². The van der Waals surface area contributed by atoms with Gasteiger partial charge >= 0.3 is 5.97 Å². The van der Waals surface area contributed by atoms with Crippen LogP contribution in [0.4, 0.5) is 15.8 Å². The zero-order valence-corrected chi connectivity index (χ0v) is 8.90. The first kappa shape index (κ1) is 13.1. The zero-order chi connectivity index (χ0) is 13.0. The van der Waals surface area contributed by atoms with E-state index in [4.69, 9.17) is 16.7 Å². The number of carboxylic acid groups (broad SMARTS) is 1. The molecule has 92 valence electrons. The second kappa shape index (κ2) is 5.41. The fraction of sp³-hybridized carbons (Fsp3) is 0.125. The van der Waals surface area contributed by atoms with Crippen LogP contribution >= 0.6 is 11.6 Å². The molecule has 0 aliphatic carbocycles.